The SMILES string of the molecule is CC(C)(C)CC(C)(C)c1cc(CO)c(O)c(CO)c1.CCC(C)c1cc(CO)c(O)c(CO)c1.CCc1cc(CO)cc(CO)c1O.Cc1c(CO)c(C)c(CO)c(O)c1CO.OCc1cc(F)cc(CO)c1O.OCc1ccc(O)c(CO)c1. The predicted octanol–water partition coefficient (Wildman–Crippen LogP) is 7.30. The van der Waals surface area contributed by atoms with Crippen LogP contribution in [0.15, 0.2) is 66.7 Å². The molecule has 6 aromatic rings. The van der Waals surface area contributed by atoms with Gasteiger partial charge >= 0.3 is 0 Å². The van der Waals surface area contributed by atoms with Crippen molar-refractivity contribution in [1.82, 2.24) is 0 Å². The quantitative estimate of drug-likeness (QED) is 0.0401. The van der Waals surface area contributed by atoms with Crippen LogP contribution in [0.3, 0.4) is 0 Å². The van der Waals surface area contributed by atoms with E-state index in [0.717, 1.165) is 47.2 Å². The first-order valence-corrected chi connectivity index (χ1v) is 27.6. The molecule has 1 unspecified atom stereocenters. The molecule has 0 radical (unpaired) electrons. The average molecular weight is 1200 g/mol. The van der Waals surface area contributed by atoms with Gasteiger partial charge in [-0.1, -0.05) is 61.5 Å². The minimum atomic E-state index is -0.582. The van der Waals surface area contributed by atoms with Crippen molar-refractivity contribution in [1.29, 1.82) is 0 Å². The first kappa shape index (κ1) is 76.5. The number of hydrogen-bond acceptors (Lipinski definition) is 19. The summed E-state index contributed by atoms with van der Waals surface area (Å²) in [6.07, 6.45) is 2.65. The Morgan fingerprint density at radius 1 is 0.388 bits per heavy atom. The first-order valence-electron chi connectivity index (χ1n) is 27.6. The fourth-order valence-corrected chi connectivity index (χ4v) is 9.31. The van der Waals surface area contributed by atoms with Gasteiger partial charge in [0.05, 0.1) is 85.9 Å². The molecule has 0 aliphatic rings. The van der Waals surface area contributed by atoms with Crippen molar-refractivity contribution in [3.8, 4) is 34.5 Å². The van der Waals surface area contributed by atoms with Gasteiger partial charge in [0.15, 0.2) is 0 Å². The van der Waals surface area contributed by atoms with Crippen LogP contribution in [-0.2, 0) is 97.7 Å². The lowest BCUT2D eigenvalue weighted by atomic mass is 9.71. The highest BCUT2D eigenvalue weighted by atomic mass is 19.1. The number of aryl methyl sites for hydroxylation is 1. The summed E-state index contributed by atoms with van der Waals surface area (Å²) in [5, 5.41) is 174. The summed E-state index contributed by atoms with van der Waals surface area (Å²) in [7, 11) is 0. The van der Waals surface area contributed by atoms with Gasteiger partial charge in [-0.05, 0) is 155 Å². The molecule has 0 spiro atoms. The summed E-state index contributed by atoms with van der Waals surface area (Å²) in [6.45, 7) is 17.3. The van der Waals surface area contributed by atoms with Gasteiger partial charge in [-0.25, -0.2) is 4.39 Å². The maximum Gasteiger partial charge on any atom is 0.127 e. The molecule has 0 bridgehead atoms. The number of phenols is 6. The molecule has 0 aliphatic heterocycles. The van der Waals surface area contributed by atoms with E-state index in [1.54, 1.807) is 50.2 Å². The van der Waals surface area contributed by atoms with Gasteiger partial charge in [0, 0.05) is 55.6 Å². The van der Waals surface area contributed by atoms with E-state index in [0.29, 0.717) is 79.1 Å². The van der Waals surface area contributed by atoms with E-state index in [1.807, 2.05) is 19.1 Å². The summed E-state index contributed by atoms with van der Waals surface area (Å²) in [5.41, 5.74) is 10.1. The number of benzene rings is 6. The smallest absolute Gasteiger partial charge is 0.127 e. The number of aromatic hydroxyl groups is 6. The summed E-state index contributed by atoms with van der Waals surface area (Å²) < 4.78 is 12.6. The van der Waals surface area contributed by atoms with E-state index >= 15 is 0 Å². The third-order valence-electron chi connectivity index (χ3n) is 14.2. The average Bonchev–Trinajstić information content (AvgIpc) is 3.68. The van der Waals surface area contributed by atoms with Crippen molar-refractivity contribution < 1.29 is 101 Å². The van der Waals surface area contributed by atoms with Crippen molar-refractivity contribution in [3.63, 3.8) is 0 Å². The standard InChI is InChI=1S/C16H26O3.C12H18O3.C11H16O4.C10H14O3.C8H9FO3.C8H10O3/c1-15(2,3)10-16(4,5)13-6-11(8-17)14(19)12(7-13)9-18;1-3-8(2)9-4-10(6-13)12(15)11(5-9)7-14;1-6-8(3-12)7(2)10(5-14)11(15)9(6)4-13;1-2-8-3-7(5-11)4-9(6-12)10(8)13;9-7-1-5(3-10)8(12)6(2-7)4-11;9-4-6-1-2-8(11)7(3-6)5-10/h6-7,17-19H,8-10H2,1-5H3;4-5,8,13-15H,3,6-7H2,1-2H3;12-15H,3-5H2,1-2H3;3-4,11-13H,2,5-6H2,1H3;1-2,10-12H,3-4H2;1-3,9-11H,4-5H2. The maximum absolute atomic E-state index is 12.6. The zero-order valence-electron chi connectivity index (χ0n) is 50.6. The van der Waals surface area contributed by atoms with Crippen LogP contribution in [0.1, 0.15) is 174 Å². The Balaban J connectivity index is 0.000000514. The molecule has 6 aromatic carbocycles. The number of aliphatic hydroxyl groups excluding tert-OH is 13. The van der Waals surface area contributed by atoms with Crippen LogP contribution in [0.2, 0.25) is 0 Å². The molecular formula is C65H93FO19. The monoisotopic (exact) mass is 1200 g/mol. The molecule has 0 heterocycles. The van der Waals surface area contributed by atoms with Gasteiger partial charge in [-0.2, -0.15) is 0 Å². The Kier molecular flexibility index (Phi) is 33.5. The number of halogens is 1. The molecule has 0 fully saturated rings. The molecule has 85 heavy (non-hydrogen) atoms. The molecule has 474 valence electrons. The molecule has 0 saturated carbocycles. The van der Waals surface area contributed by atoms with Gasteiger partial charge in [-0.15, -0.1) is 0 Å². The van der Waals surface area contributed by atoms with Crippen molar-refractivity contribution >= 4 is 0 Å². The topological polar surface area (TPSA) is 384 Å². The second-order valence-electron chi connectivity index (χ2n) is 22.0. The Morgan fingerprint density at radius 3 is 1.07 bits per heavy atom. The summed E-state index contributed by atoms with van der Waals surface area (Å²) in [5.74, 6) is -0.338. The Labute approximate surface area is 498 Å². The van der Waals surface area contributed by atoms with Crippen LogP contribution in [0.5, 0.6) is 34.5 Å². The molecule has 19 N–H and O–H groups in total. The maximum atomic E-state index is 12.6. The van der Waals surface area contributed by atoms with E-state index in [1.165, 1.54) is 6.07 Å². The van der Waals surface area contributed by atoms with Crippen LogP contribution in [0.25, 0.3) is 0 Å². The molecule has 0 aliphatic carbocycles. The predicted molar refractivity (Wildman–Crippen MR) is 320 cm³/mol. The third kappa shape index (κ3) is 22.4. The van der Waals surface area contributed by atoms with Crippen molar-refractivity contribution in [2.45, 2.75) is 186 Å². The van der Waals surface area contributed by atoms with Crippen LogP contribution >= 0.6 is 0 Å². The van der Waals surface area contributed by atoms with Gasteiger partial charge in [0.25, 0.3) is 0 Å². The van der Waals surface area contributed by atoms with E-state index in [2.05, 4.69) is 48.5 Å². The fourth-order valence-electron chi connectivity index (χ4n) is 9.31. The molecule has 19 nitrogen and oxygen atoms in total. The lowest BCUT2D eigenvalue weighted by Crippen LogP contribution is -2.25. The van der Waals surface area contributed by atoms with E-state index in [-0.39, 0.29) is 129 Å². The second kappa shape index (κ2) is 37.2. The molecule has 6 rings (SSSR count). The Bertz CT molecular complexity index is 2830. The van der Waals surface area contributed by atoms with Crippen LogP contribution in [0, 0.1) is 25.1 Å². The van der Waals surface area contributed by atoms with Gasteiger partial charge in [0.1, 0.15) is 40.3 Å². The number of rotatable bonds is 18. The lowest BCUT2D eigenvalue weighted by Gasteiger charge is -2.33. The Morgan fingerprint density at radius 2 is 0.729 bits per heavy atom. The highest BCUT2D eigenvalue weighted by Gasteiger charge is 2.29. The Hall–Kier alpha value is -6.47. The normalized spacial score (nSPS) is 11.3. The van der Waals surface area contributed by atoms with Crippen molar-refractivity contribution in [3.05, 3.63) is 173 Å². The zero-order valence-corrected chi connectivity index (χ0v) is 50.6. The molecule has 1 atom stereocenters. The largest absolute Gasteiger partial charge is 0.508 e. The van der Waals surface area contributed by atoms with Crippen LogP contribution in [0.4, 0.5) is 4.39 Å². The summed E-state index contributed by atoms with van der Waals surface area (Å²) >= 11 is 0. The van der Waals surface area contributed by atoms with E-state index in [9.17, 15) is 45.2 Å². The van der Waals surface area contributed by atoms with Crippen molar-refractivity contribution in [2.75, 3.05) is 0 Å². The minimum absolute atomic E-state index is 0.000286. The number of aliphatic hydroxyl groups is 13. The third-order valence-corrected chi connectivity index (χ3v) is 14.2. The van der Waals surface area contributed by atoms with Crippen molar-refractivity contribution in [2.24, 2.45) is 5.41 Å². The first-order chi connectivity index (χ1) is 40.0. The molecule has 20 heteroatoms. The molecule has 0 aromatic heterocycles. The van der Waals surface area contributed by atoms with Crippen LogP contribution < -0.4 is 0 Å². The van der Waals surface area contributed by atoms with E-state index < -0.39 is 19.0 Å². The van der Waals surface area contributed by atoms with E-state index in [4.69, 9.17) is 56.2 Å². The molecule has 0 saturated heterocycles. The number of hydrogen-bond donors (Lipinski definition) is 19. The summed E-state index contributed by atoms with van der Waals surface area (Å²) in [6, 6.07) is 17.3. The lowest BCUT2D eigenvalue weighted by molar-refractivity contribution is 0.256. The highest BCUT2D eigenvalue weighted by molar-refractivity contribution is 5.54. The summed E-state index contributed by atoms with van der Waals surface area (Å²) in [4.78, 5) is 0. The van der Waals surface area contributed by atoms with Crippen LogP contribution in [-0.4, -0.2) is 97.0 Å². The second-order valence-corrected chi connectivity index (χ2v) is 22.0. The van der Waals surface area contributed by atoms with Gasteiger partial charge < -0.3 is 97.0 Å². The zero-order chi connectivity index (χ0) is 65.1. The van der Waals surface area contributed by atoms with Gasteiger partial charge in [-0.3, -0.25) is 0 Å². The van der Waals surface area contributed by atoms with Gasteiger partial charge in [0.2, 0.25) is 0 Å². The highest BCUT2D eigenvalue weighted by Crippen LogP contribution is 2.39. The fraction of sp³-hybridized carbons (Fsp3) is 0.446. The minimum Gasteiger partial charge on any atom is -0.508 e. The molecule has 0 amide bonds. The molecular weight excluding hydrogens is 1100 g/mol.